The van der Waals surface area contributed by atoms with Crippen LogP contribution in [0.4, 0.5) is 0 Å². The first-order chi connectivity index (χ1) is 12.0. The van der Waals surface area contributed by atoms with Gasteiger partial charge in [-0.2, -0.15) is 0 Å². The van der Waals surface area contributed by atoms with Crippen molar-refractivity contribution in [1.29, 1.82) is 0 Å². The quantitative estimate of drug-likeness (QED) is 0.294. The molecule has 1 aromatic rings. The number of ether oxygens (including phenoxy) is 4. The van der Waals surface area contributed by atoms with Gasteiger partial charge in [0.25, 0.3) is 0 Å². The number of nitrogens with zero attached hydrogens (tertiary/aromatic N) is 1. The van der Waals surface area contributed by atoms with Gasteiger partial charge in [0.15, 0.2) is 23.2 Å². The molecule has 0 heterocycles. The number of hydrogen-bond acceptors (Lipinski definition) is 7. The summed E-state index contributed by atoms with van der Waals surface area (Å²) in [5, 5.41) is 0. The molecule has 0 spiro atoms. The highest BCUT2D eigenvalue weighted by Gasteiger charge is 2.23. The van der Waals surface area contributed by atoms with Crippen LogP contribution in [0.5, 0.6) is 17.2 Å². The van der Waals surface area contributed by atoms with E-state index in [2.05, 4.69) is 9.73 Å². The minimum absolute atomic E-state index is 0.433. The zero-order valence-electron chi connectivity index (χ0n) is 15.1. The molecule has 0 saturated heterocycles. The summed E-state index contributed by atoms with van der Waals surface area (Å²) in [6, 6.07) is 3.39. The van der Waals surface area contributed by atoms with Crippen molar-refractivity contribution in [2.24, 2.45) is 10.9 Å². The average Bonchev–Trinajstić information content (AvgIpc) is 2.65. The maximum Gasteiger partial charge on any atom is 0.322 e. The molecular formula is C18H23NO6. The minimum Gasteiger partial charge on any atom is -0.493 e. The molecule has 136 valence electrons. The summed E-state index contributed by atoms with van der Waals surface area (Å²) in [6.07, 6.45) is 4.15. The molecule has 0 aliphatic carbocycles. The topological polar surface area (TPSA) is 83.4 Å². The Morgan fingerprint density at radius 2 is 1.68 bits per heavy atom. The van der Waals surface area contributed by atoms with Gasteiger partial charge < -0.3 is 18.9 Å². The van der Waals surface area contributed by atoms with Gasteiger partial charge in [-0.15, -0.1) is 0 Å². The van der Waals surface area contributed by atoms with E-state index in [9.17, 15) is 9.59 Å². The lowest BCUT2D eigenvalue weighted by molar-refractivity contribution is -0.145. The molecule has 7 heteroatoms. The molecule has 0 bridgehead atoms. The second-order valence-electron chi connectivity index (χ2n) is 4.84. The molecule has 0 radical (unpaired) electrons. The lowest BCUT2D eigenvalue weighted by Gasteiger charge is -2.12. The molecule has 0 amide bonds. The molecule has 1 rings (SSSR count). The van der Waals surface area contributed by atoms with E-state index in [1.807, 2.05) is 0 Å². The summed E-state index contributed by atoms with van der Waals surface area (Å²) in [5.74, 6) is -0.772. The second kappa shape index (κ2) is 10.1. The summed E-state index contributed by atoms with van der Waals surface area (Å²) in [4.78, 5) is 28.0. The summed E-state index contributed by atoms with van der Waals surface area (Å²) >= 11 is 0. The highest BCUT2D eigenvalue weighted by molar-refractivity contribution is 6.17. The molecule has 0 saturated carbocycles. The third kappa shape index (κ3) is 5.34. The van der Waals surface area contributed by atoms with Gasteiger partial charge in [0, 0.05) is 12.8 Å². The van der Waals surface area contributed by atoms with Gasteiger partial charge >= 0.3 is 5.97 Å². The van der Waals surface area contributed by atoms with Crippen LogP contribution < -0.4 is 14.2 Å². The van der Waals surface area contributed by atoms with E-state index < -0.39 is 17.7 Å². The Balaban J connectivity index is 3.12. The predicted molar refractivity (Wildman–Crippen MR) is 94.7 cm³/mol. The number of rotatable bonds is 9. The number of methoxy groups -OCH3 is 4. The molecule has 1 aromatic carbocycles. The Bertz CT molecular complexity index is 641. The maximum atomic E-state index is 12.3. The maximum absolute atomic E-state index is 12.3. The van der Waals surface area contributed by atoms with Crippen molar-refractivity contribution in [1.82, 2.24) is 0 Å². The second-order valence-corrected chi connectivity index (χ2v) is 4.84. The molecule has 1 atom stereocenters. The highest BCUT2D eigenvalue weighted by atomic mass is 16.5. The van der Waals surface area contributed by atoms with Crippen molar-refractivity contribution in [2.75, 3.05) is 35.0 Å². The largest absolute Gasteiger partial charge is 0.493 e. The number of carbonyl (C=O) groups is 2. The van der Waals surface area contributed by atoms with Crippen LogP contribution in [0.1, 0.15) is 12.5 Å². The minimum atomic E-state index is -1.07. The van der Waals surface area contributed by atoms with Gasteiger partial charge in [-0.3, -0.25) is 14.6 Å². The number of allylic oxidation sites excluding steroid dienone is 1. The Hall–Kier alpha value is -2.83. The highest BCUT2D eigenvalue weighted by Crippen LogP contribution is 2.38. The lowest BCUT2D eigenvalue weighted by atomic mass is 10.0. The molecule has 1 unspecified atom stereocenters. The monoisotopic (exact) mass is 349 g/mol. The molecule has 0 fully saturated rings. The van der Waals surface area contributed by atoms with E-state index in [1.54, 1.807) is 25.1 Å². The Kier molecular flexibility index (Phi) is 8.18. The fourth-order valence-corrected chi connectivity index (χ4v) is 2.07. The van der Waals surface area contributed by atoms with Crippen LogP contribution >= 0.6 is 0 Å². The number of ketones is 1. The van der Waals surface area contributed by atoms with Crippen molar-refractivity contribution < 1.29 is 28.5 Å². The van der Waals surface area contributed by atoms with Crippen molar-refractivity contribution >= 4 is 24.0 Å². The summed E-state index contributed by atoms with van der Waals surface area (Å²) < 4.78 is 20.4. The van der Waals surface area contributed by atoms with Gasteiger partial charge in [0.1, 0.15) is 0 Å². The molecule has 25 heavy (non-hydrogen) atoms. The van der Waals surface area contributed by atoms with Gasteiger partial charge in [-0.1, -0.05) is 6.08 Å². The summed E-state index contributed by atoms with van der Waals surface area (Å²) in [5.41, 5.74) is 0.652. The van der Waals surface area contributed by atoms with E-state index >= 15 is 0 Å². The van der Waals surface area contributed by atoms with E-state index in [-0.39, 0.29) is 0 Å². The van der Waals surface area contributed by atoms with Crippen molar-refractivity contribution in [2.45, 2.75) is 6.92 Å². The van der Waals surface area contributed by atoms with Crippen LogP contribution in [0.2, 0.25) is 0 Å². The molecule has 7 nitrogen and oxygen atoms in total. The van der Waals surface area contributed by atoms with Crippen LogP contribution in [0, 0.1) is 5.92 Å². The Morgan fingerprint density at radius 3 is 2.12 bits per heavy atom. The Morgan fingerprint density at radius 1 is 1.08 bits per heavy atom. The standard InChI is InChI=1S/C18H23NO6/c1-6-19-11-13(18(21)25-5)14(20)8-7-12-9-15(22-2)17(24-4)16(10-12)23-3/h7-11,13H,6H2,1-5H3. The fraction of sp³-hybridized carbons (Fsp3) is 0.389. The van der Waals surface area contributed by atoms with Gasteiger partial charge in [-0.25, -0.2) is 0 Å². The van der Waals surface area contributed by atoms with E-state index in [1.165, 1.54) is 40.7 Å². The first-order valence-corrected chi connectivity index (χ1v) is 7.62. The third-order valence-corrected chi connectivity index (χ3v) is 3.33. The third-order valence-electron chi connectivity index (χ3n) is 3.33. The molecule has 0 N–H and O–H groups in total. The van der Waals surface area contributed by atoms with E-state index in [0.717, 1.165) is 0 Å². The molecule has 0 aliphatic rings. The zero-order chi connectivity index (χ0) is 18.8. The molecular weight excluding hydrogens is 326 g/mol. The van der Waals surface area contributed by atoms with Crippen molar-refractivity contribution in [3.05, 3.63) is 23.8 Å². The molecule has 0 aliphatic heterocycles. The van der Waals surface area contributed by atoms with Gasteiger partial charge in [0.05, 0.1) is 28.4 Å². The first-order valence-electron chi connectivity index (χ1n) is 7.62. The van der Waals surface area contributed by atoms with E-state index in [4.69, 9.17) is 14.2 Å². The van der Waals surface area contributed by atoms with Crippen LogP contribution in [0.3, 0.4) is 0 Å². The number of esters is 1. The first kappa shape index (κ1) is 20.2. The van der Waals surface area contributed by atoms with Crippen molar-refractivity contribution in [3.8, 4) is 17.2 Å². The summed E-state index contributed by atoms with van der Waals surface area (Å²) in [6.45, 7) is 2.28. The van der Waals surface area contributed by atoms with Crippen LogP contribution in [-0.2, 0) is 14.3 Å². The SMILES string of the molecule is CCN=CC(C(=O)C=Cc1cc(OC)c(OC)c(OC)c1)C(=O)OC. The zero-order valence-corrected chi connectivity index (χ0v) is 15.1. The van der Waals surface area contributed by atoms with Crippen molar-refractivity contribution in [3.63, 3.8) is 0 Å². The predicted octanol–water partition coefficient (Wildman–Crippen LogP) is 2.17. The molecule has 0 aromatic heterocycles. The van der Waals surface area contributed by atoms with Crippen LogP contribution in [0.25, 0.3) is 6.08 Å². The normalized spacial score (nSPS) is 12.2. The fourth-order valence-electron chi connectivity index (χ4n) is 2.07. The number of hydrogen-bond donors (Lipinski definition) is 0. The number of carbonyl (C=O) groups excluding carboxylic acids is 2. The van der Waals surface area contributed by atoms with Crippen LogP contribution in [0.15, 0.2) is 23.2 Å². The smallest absolute Gasteiger partial charge is 0.322 e. The van der Waals surface area contributed by atoms with E-state index in [0.29, 0.717) is 29.4 Å². The van der Waals surface area contributed by atoms with Gasteiger partial charge in [-0.05, 0) is 30.7 Å². The summed E-state index contributed by atoms with van der Waals surface area (Å²) in [7, 11) is 5.74. The van der Waals surface area contributed by atoms with Gasteiger partial charge in [0.2, 0.25) is 5.75 Å². The lowest BCUT2D eigenvalue weighted by Crippen LogP contribution is -2.25. The van der Waals surface area contributed by atoms with Crippen LogP contribution in [-0.4, -0.2) is 53.0 Å². The Labute approximate surface area is 147 Å². The average molecular weight is 349 g/mol. The number of aliphatic imine (C=N–C) groups is 1. The number of benzene rings is 1.